The van der Waals surface area contributed by atoms with E-state index in [0.29, 0.717) is 6.54 Å². The van der Waals surface area contributed by atoms with Crippen LogP contribution in [-0.2, 0) is 6.18 Å². The molecule has 0 aliphatic heterocycles. The van der Waals surface area contributed by atoms with E-state index in [1.165, 1.54) is 25.1 Å². The van der Waals surface area contributed by atoms with Crippen LogP contribution in [0.3, 0.4) is 0 Å². The number of rotatable bonds is 4. The third kappa shape index (κ3) is 4.41. The van der Waals surface area contributed by atoms with Gasteiger partial charge in [-0.05, 0) is 18.9 Å². The molecule has 1 heterocycles. The predicted molar refractivity (Wildman–Crippen MR) is 89.7 cm³/mol. The number of nitrogens with one attached hydrogen (secondary N) is 3. The summed E-state index contributed by atoms with van der Waals surface area (Å²) in [4.78, 5) is 12.5. The summed E-state index contributed by atoms with van der Waals surface area (Å²) in [7, 11) is 0. The summed E-state index contributed by atoms with van der Waals surface area (Å²) in [6, 6.07) is 4.81. The maximum atomic E-state index is 13.3. The smallest absolute Gasteiger partial charge is 0.360 e. The van der Waals surface area contributed by atoms with Crippen molar-refractivity contribution in [2.75, 3.05) is 6.54 Å². The average molecular weight is 368 g/mol. The van der Waals surface area contributed by atoms with Crippen molar-refractivity contribution >= 4 is 11.9 Å². The van der Waals surface area contributed by atoms with Crippen molar-refractivity contribution in [3.05, 3.63) is 41.2 Å². The van der Waals surface area contributed by atoms with E-state index in [1.54, 1.807) is 0 Å². The van der Waals surface area contributed by atoms with Crippen LogP contribution in [0.25, 0.3) is 11.3 Å². The van der Waals surface area contributed by atoms with Gasteiger partial charge < -0.3 is 9.84 Å². The molecule has 0 saturated heterocycles. The van der Waals surface area contributed by atoms with Crippen molar-refractivity contribution < 1.29 is 22.5 Å². The predicted octanol–water partition coefficient (Wildman–Crippen LogP) is 3.58. The van der Waals surface area contributed by atoms with E-state index >= 15 is 0 Å². The lowest BCUT2D eigenvalue weighted by Crippen LogP contribution is -2.41. The van der Waals surface area contributed by atoms with Crippen LogP contribution in [0.4, 0.5) is 13.2 Å². The number of alkyl halides is 3. The van der Waals surface area contributed by atoms with Gasteiger partial charge >= 0.3 is 6.18 Å². The fourth-order valence-electron chi connectivity index (χ4n) is 2.29. The first-order valence-electron chi connectivity index (χ1n) is 7.88. The van der Waals surface area contributed by atoms with Crippen molar-refractivity contribution in [1.82, 2.24) is 15.8 Å². The Kier molecular flexibility index (Phi) is 5.69. The van der Waals surface area contributed by atoms with E-state index in [2.05, 4.69) is 15.8 Å². The minimum absolute atomic E-state index is 0.0612. The Bertz CT molecular complexity index is 813. The van der Waals surface area contributed by atoms with Crippen molar-refractivity contribution in [3.63, 3.8) is 0 Å². The van der Waals surface area contributed by atoms with Gasteiger partial charge in [-0.3, -0.25) is 15.5 Å². The zero-order chi connectivity index (χ0) is 19.5. The van der Waals surface area contributed by atoms with Gasteiger partial charge in [0.05, 0.1) is 5.56 Å². The van der Waals surface area contributed by atoms with Gasteiger partial charge in [0, 0.05) is 12.1 Å². The number of benzene rings is 1. The Hall–Kier alpha value is -2.84. The molecule has 0 aliphatic rings. The number of carbonyl (C=O) groups is 1. The first-order chi connectivity index (χ1) is 12.1. The number of aromatic nitrogens is 1. The maximum absolute atomic E-state index is 13.3. The number of halogens is 3. The SMILES string of the molecule is Cc1onc(-c2ccccc2C(F)(F)F)c1C(=O)NC(=N)NCC(C)C. The molecule has 0 saturated carbocycles. The van der Waals surface area contributed by atoms with Gasteiger partial charge in [0.2, 0.25) is 0 Å². The normalized spacial score (nSPS) is 11.5. The van der Waals surface area contributed by atoms with Crippen LogP contribution in [0.1, 0.15) is 35.5 Å². The zero-order valence-electron chi connectivity index (χ0n) is 14.5. The summed E-state index contributed by atoms with van der Waals surface area (Å²) >= 11 is 0. The second-order valence-corrected chi connectivity index (χ2v) is 6.11. The lowest BCUT2D eigenvalue weighted by atomic mass is 10.00. The van der Waals surface area contributed by atoms with Gasteiger partial charge in [-0.25, -0.2) is 0 Å². The number of nitrogens with zero attached hydrogens (tertiary/aromatic N) is 1. The highest BCUT2D eigenvalue weighted by atomic mass is 19.4. The maximum Gasteiger partial charge on any atom is 0.417 e. The van der Waals surface area contributed by atoms with Crippen molar-refractivity contribution in [1.29, 1.82) is 5.41 Å². The van der Waals surface area contributed by atoms with Gasteiger partial charge in [-0.15, -0.1) is 0 Å². The van der Waals surface area contributed by atoms with E-state index in [9.17, 15) is 18.0 Å². The molecule has 0 fully saturated rings. The highest BCUT2D eigenvalue weighted by molar-refractivity contribution is 6.08. The number of hydrogen-bond acceptors (Lipinski definition) is 4. The van der Waals surface area contributed by atoms with Crippen LogP contribution in [0.15, 0.2) is 28.8 Å². The van der Waals surface area contributed by atoms with Crippen LogP contribution in [0.5, 0.6) is 0 Å². The summed E-state index contributed by atoms with van der Waals surface area (Å²) in [5.74, 6) is -0.707. The van der Waals surface area contributed by atoms with E-state index in [0.717, 1.165) is 6.07 Å². The zero-order valence-corrected chi connectivity index (χ0v) is 14.5. The van der Waals surface area contributed by atoms with Crippen molar-refractivity contribution in [2.45, 2.75) is 26.9 Å². The molecular formula is C17H19F3N4O2. The van der Waals surface area contributed by atoms with Crippen LogP contribution in [0.2, 0.25) is 0 Å². The standard InChI is InChI=1S/C17H19F3N4O2/c1-9(2)8-22-16(21)23-15(25)13-10(3)26-24-14(13)11-6-4-5-7-12(11)17(18,19)20/h4-7,9H,8H2,1-3H3,(H3,21,22,23,25). The van der Waals surface area contributed by atoms with Gasteiger partial charge in [-0.2, -0.15) is 13.2 Å². The largest absolute Gasteiger partial charge is 0.417 e. The minimum atomic E-state index is -4.61. The molecule has 0 aliphatic carbocycles. The molecule has 2 aromatic rings. The number of amides is 1. The Labute approximate surface area is 148 Å². The number of carbonyl (C=O) groups excluding carboxylic acids is 1. The number of hydrogen-bond donors (Lipinski definition) is 3. The number of guanidine groups is 1. The molecule has 0 unspecified atom stereocenters. The molecule has 9 heteroatoms. The molecule has 3 N–H and O–H groups in total. The molecular weight excluding hydrogens is 349 g/mol. The van der Waals surface area contributed by atoms with Gasteiger partial charge in [0.25, 0.3) is 5.91 Å². The van der Waals surface area contributed by atoms with Crippen molar-refractivity contribution in [3.8, 4) is 11.3 Å². The minimum Gasteiger partial charge on any atom is -0.360 e. The Balaban J connectivity index is 2.36. The van der Waals surface area contributed by atoms with Gasteiger partial charge in [-0.1, -0.05) is 37.2 Å². The fraction of sp³-hybridized carbons (Fsp3) is 0.353. The number of aryl methyl sites for hydroxylation is 1. The monoisotopic (exact) mass is 368 g/mol. The van der Waals surface area contributed by atoms with Crippen LogP contribution < -0.4 is 10.6 Å². The lowest BCUT2D eigenvalue weighted by molar-refractivity contribution is -0.137. The fourth-order valence-corrected chi connectivity index (χ4v) is 2.29. The van der Waals surface area contributed by atoms with Crippen LogP contribution in [0, 0.1) is 18.3 Å². The summed E-state index contributed by atoms with van der Waals surface area (Å²) in [6.07, 6.45) is -4.61. The summed E-state index contributed by atoms with van der Waals surface area (Å²) in [6.45, 7) is 5.75. The molecule has 2 rings (SSSR count). The molecule has 26 heavy (non-hydrogen) atoms. The summed E-state index contributed by atoms with van der Waals surface area (Å²) in [5.41, 5.74) is -1.54. The second-order valence-electron chi connectivity index (χ2n) is 6.11. The Morgan fingerprint density at radius 3 is 2.58 bits per heavy atom. The molecule has 1 aromatic heterocycles. The molecule has 1 aromatic carbocycles. The molecule has 140 valence electrons. The highest BCUT2D eigenvalue weighted by Crippen LogP contribution is 2.38. The second kappa shape index (κ2) is 7.59. The topological polar surface area (TPSA) is 91.0 Å². The van der Waals surface area contributed by atoms with E-state index < -0.39 is 17.6 Å². The molecule has 0 atom stereocenters. The molecule has 0 bridgehead atoms. The Morgan fingerprint density at radius 1 is 1.31 bits per heavy atom. The summed E-state index contributed by atoms with van der Waals surface area (Å²) < 4.78 is 44.7. The highest BCUT2D eigenvalue weighted by Gasteiger charge is 2.35. The quantitative estimate of drug-likeness (QED) is 0.568. The molecule has 6 nitrogen and oxygen atoms in total. The summed E-state index contributed by atoms with van der Waals surface area (Å²) in [5, 5.41) is 16.4. The van der Waals surface area contributed by atoms with Crippen molar-refractivity contribution in [2.24, 2.45) is 5.92 Å². The Morgan fingerprint density at radius 2 is 1.96 bits per heavy atom. The molecule has 0 radical (unpaired) electrons. The average Bonchev–Trinajstić information content (AvgIpc) is 2.93. The van der Waals surface area contributed by atoms with E-state index in [1.807, 2.05) is 13.8 Å². The molecule has 0 spiro atoms. The van der Waals surface area contributed by atoms with Crippen LogP contribution in [-0.4, -0.2) is 23.6 Å². The van der Waals surface area contributed by atoms with Gasteiger partial charge in [0.15, 0.2) is 5.96 Å². The first kappa shape index (κ1) is 19.5. The lowest BCUT2D eigenvalue weighted by Gasteiger charge is -2.13. The van der Waals surface area contributed by atoms with E-state index in [-0.39, 0.29) is 34.5 Å². The first-order valence-corrected chi connectivity index (χ1v) is 7.88. The van der Waals surface area contributed by atoms with Gasteiger partial charge in [0.1, 0.15) is 17.0 Å². The molecule has 1 amide bonds. The third-order valence-corrected chi connectivity index (χ3v) is 3.50. The van der Waals surface area contributed by atoms with Crippen LogP contribution >= 0.6 is 0 Å². The van der Waals surface area contributed by atoms with E-state index in [4.69, 9.17) is 9.93 Å². The third-order valence-electron chi connectivity index (χ3n) is 3.50.